The van der Waals surface area contributed by atoms with Gasteiger partial charge in [-0.25, -0.2) is 9.97 Å². The first-order valence-corrected chi connectivity index (χ1v) is 4.85. The molecule has 88 valence electrons. The predicted molar refractivity (Wildman–Crippen MR) is 51.0 cm³/mol. The van der Waals surface area contributed by atoms with Crippen LogP contribution >= 0.6 is 11.6 Å². The second-order valence-electron chi connectivity index (χ2n) is 3.07. The average Bonchev–Trinajstić information content (AvgIpc) is 2.19. The van der Waals surface area contributed by atoms with Crippen molar-refractivity contribution in [3.05, 3.63) is 22.7 Å². The van der Waals surface area contributed by atoms with Gasteiger partial charge < -0.3 is 4.79 Å². The van der Waals surface area contributed by atoms with Crippen molar-refractivity contribution in [3.63, 3.8) is 0 Å². The smallest absolute Gasteiger partial charge is 0.303 e. The molecule has 1 aromatic rings. The van der Waals surface area contributed by atoms with Crippen LogP contribution in [0.4, 0.5) is 13.2 Å². The van der Waals surface area contributed by atoms with Gasteiger partial charge in [-0.3, -0.25) is 0 Å². The van der Waals surface area contributed by atoms with Crippen molar-refractivity contribution in [2.45, 2.75) is 25.4 Å². The highest BCUT2D eigenvalue weighted by molar-refractivity contribution is 6.28. The fraction of sp³-hybridized carbons (Fsp3) is 0.444. The first-order valence-electron chi connectivity index (χ1n) is 4.47. The van der Waals surface area contributed by atoms with E-state index in [4.69, 9.17) is 11.6 Å². The number of aromatic nitrogens is 2. The third-order valence-corrected chi connectivity index (χ3v) is 2.05. The van der Waals surface area contributed by atoms with Crippen LogP contribution in [0.1, 0.15) is 24.1 Å². The SMILES string of the molecule is O=CCCCc1cnc(Cl)nc1C(F)(F)F. The fourth-order valence-corrected chi connectivity index (χ4v) is 1.32. The molecule has 0 N–H and O–H groups in total. The summed E-state index contributed by atoms with van der Waals surface area (Å²) in [6.45, 7) is 0. The van der Waals surface area contributed by atoms with E-state index in [1.54, 1.807) is 0 Å². The molecule has 0 radical (unpaired) electrons. The molecule has 0 saturated heterocycles. The van der Waals surface area contributed by atoms with Crippen molar-refractivity contribution in [2.75, 3.05) is 0 Å². The molecule has 0 saturated carbocycles. The maximum Gasteiger partial charge on any atom is 0.433 e. The normalized spacial score (nSPS) is 11.5. The van der Waals surface area contributed by atoms with Gasteiger partial charge in [0.1, 0.15) is 6.29 Å². The van der Waals surface area contributed by atoms with Crippen LogP contribution in [-0.2, 0) is 17.4 Å². The standard InChI is InChI=1S/C9H8ClF3N2O/c10-8-14-5-6(3-1-2-4-16)7(15-8)9(11,12)13/h4-5H,1-3H2. The molecule has 0 atom stereocenters. The van der Waals surface area contributed by atoms with Gasteiger partial charge in [-0.1, -0.05) is 0 Å². The molecule has 1 aromatic heterocycles. The topological polar surface area (TPSA) is 42.9 Å². The lowest BCUT2D eigenvalue weighted by molar-refractivity contribution is -0.141. The van der Waals surface area contributed by atoms with Gasteiger partial charge in [-0.2, -0.15) is 13.2 Å². The van der Waals surface area contributed by atoms with E-state index in [0.29, 0.717) is 12.7 Å². The van der Waals surface area contributed by atoms with Crippen LogP contribution in [0.2, 0.25) is 5.28 Å². The Hall–Kier alpha value is -1.17. The molecular weight excluding hydrogens is 245 g/mol. The molecule has 7 heteroatoms. The van der Waals surface area contributed by atoms with Crippen LogP contribution in [0.3, 0.4) is 0 Å². The van der Waals surface area contributed by atoms with E-state index in [1.807, 2.05) is 0 Å². The summed E-state index contributed by atoms with van der Waals surface area (Å²) in [6, 6.07) is 0. The van der Waals surface area contributed by atoms with Crippen molar-refractivity contribution in [3.8, 4) is 0 Å². The molecular formula is C9H8ClF3N2O. The molecule has 0 aliphatic rings. The lowest BCUT2D eigenvalue weighted by Gasteiger charge is -2.10. The highest BCUT2D eigenvalue weighted by atomic mass is 35.5. The molecule has 1 rings (SSSR count). The number of rotatable bonds is 4. The van der Waals surface area contributed by atoms with Gasteiger partial charge >= 0.3 is 6.18 Å². The lowest BCUT2D eigenvalue weighted by atomic mass is 10.1. The number of unbranched alkanes of at least 4 members (excludes halogenated alkanes) is 1. The van der Waals surface area contributed by atoms with Gasteiger partial charge in [0.25, 0.3) is 0 Å². The molecule has 1 heterocycles. The van der Waals surface area contributed by atoms with Gasteiger partial charge in [0, 0.05) is 18.2 Å². The van der Waals surface area contributed by atoms with Crippen LogP contribution in [0.25, 0.3) is 0 Å². The van der Waals surface area contributed by atoms with Crippen molar-refractivity contribution >= 4 is 17.9 Å². The van der Waals surface area contributed by atoms with E-state index in [0.717, 1.165) is 6.20 Å². The van der Waals surface area contributed by atoms with E-state index in [1.165, 1.54) is 0 Å². The van der Waals surface area contributed by atoms with E-state index in [9.17, 15) is 18.0 Å². The predicted octanol–water partition coefficient (Wildman–Crippen LogP) is 2.67. The van der Waals surface area contributed by atoms with Crippen LogP contribution in [0.15, 0.2) is 6.20 Å². The van der Waals surface area contributed by atoms with Crippen LogP contribution in [0, 0.1) is 0 Å². The number of carbonyl (C=O) groups excluding carboxylic acids is 1. The Morgan fingerprint density at radius 3 is 2.69 bits per heavy atom. The highest BCUT2D eigenvalue weighted by Gasteiger charge is 2.35. The largest absolute Gasteiger partial charge is 0.433 e. The number of carbonyl (C=O) groups is 1. The summed E-state index contributed by atoms with van der Waals surface area (Å²) in [4.78, 5) is 16.7. The number of nitrogens with zero attached hydrogens (tertiary/aromatic N) is 2. The molecule has 0 amide bonds. The number of halogens is 4. The minimum atomic E-state index is -4.55. The van der Waals surface area contributed by atoms with E-state index in [-0.39, 0.29) is 18.4 Å². The number of alkyl halides is 3. The average molecular weight is 253 g/mol. The lowest BCUT2D eigenvalue weighted by Crippen LogP contribution is -2.13. The van der Waals surface area contributed by atoms with Gasteiger partial charge in [-0.15, -0.1) is 0 Å². The van der Waals surface area contributed by atoms with E-state index >= 15 is 0 Å². The maximum absolute atomic E-state index is 12.5. The third kappa shape index (κ3) is 3.44. The minimum absolute atomic E-state index is 0.0428. The Labute approximate surface area is 94.7 Å². The first kappa shape index (κ1) is 12.9. The molecule has 0 unspecified atom stereocenters. The van der Waals surface area contributed by atoms with Gasteiger partial charge in [0.2, 0.25) is 5.28 Å². The van der Waals surface area contributed by atoms with E-state index < -0.39 is 17.2 Å². The Morgan fingerprint density at radius 2 is 2.12 bits per heavy atom. The summed E-state index contributed by atoms with van der Waals surface area (Å²) in [6.07, 6.45) is -2.21. The number of aldehydes is 1. The minimum Gasteiger partial charge on any atom is -0.303 e. The first-order chi connectivity index (χ1) is 7.45. The quantitative estimate of drug-likeness (QED) is 0.470. The highest BCUT2D eigenvalue weighted by Crippen LogP contribution is 2.31. The summed E-state index contributed by atoms with van der Waals surface area (Å²) in [5.74, 6) is 0. The molecule has 0 aliphatic heterocycles. The summed E-state index contributed by atoms with van der Waals surface area (Å²) < 4.78 is 37.6. The third-order valence-electron chi connectivity index (χ3n) is 1.87. The molecule has 0 aliphatic carbocycles. The van der Waals surface area contributed by atoms with Crippen molar-refractivity contribution in [1.29, 1.82) is 0 Å². The maximum atomic E-state index is 12.5. The summed E-state index contributed by atoms with van der Waals surface area (Å²) in [5, 5.41) is -0.438. The Morgan fingerprint density at radius 1 is 1.44 bits per heavy atom. The molecule has 0 bridgehead atoms. The number of hydrogen-bond donors (Lipinski definition) is 0. The van der Waals surface area contributed by atoms with Crippen LogP contribution in [-0.4, -0.2) is 16.3 Å². The van der Waals surface area contributed by atoms with Crippen LogP contribution < -0.4 is 0 Å². The zero-order valence-corrected chi connectivity index (χ0v) is 8.85. The summed E-state index contributed by atoms with van der Waals surface area (Å²) in [5.41, 5.74) is -1.07. The summed E-state index contributed by atoms with van der Waals surface area (Å²) >= 11 is 5.31. The monoisotopic (exact) mass is 252 g/mol. The summed E-state index contributed by atoms with van der Waals surface area (Å²) in [7, 11) is 0. The number of hydrogen-bond acceptors (Lipinski definition) is 3. The van der Waals surface area contributed by atoms with Crippen molar-refractivity contribution in [2.24, 2.45) is 0 Å². The second-order valence-corrected chi connectivity index (χ2v) is 3.41. The molecule has 3 nitrogen and oxygen atoms in total. The number of aryl methyl sites for hydroxylation is 1. The van der Waals surface area contributed by atoms with Gasteiger partial charge in [0.05, 0.1) is 0 Å². The Kier molecular flexibility index (Phi) is 4.23. The second kappa shape index (κ2) is 5.25. The van der Waals surface area contributed by atoms with Gasteiger partial charge in [0.15, 0.2) is 5.69 Å². The van der Waals surface area contributed by atoms with Crippen LogP contribution in [0.5, 0.6) is 0 Å². The fourth-order valence-electron chi connectivity index (χ4n) is 1.19. The molecule has 0 spiro atoms. The Bertz CT molecular complexity index is 382. The van der Waals surface area contributed by atoms with Gasteiger partial charge in [-0.05, 0) is 24.4 Å². The van der Waals surface area contributed by atoms with Crippen molar-refractivity contribution < 1.29 is 18.0 Å². The van der Waals surface area contributed by atoms with E-state index in [2.05, 4.69) is 9.97 Å². The zero-order valence-electron chi connectivity index (χ0n) is 8.09. The zero-order chi connectivity index (χ0) is 12.2. The molecule has 0 aromatic carbocycles. The molecule has 16 heavy (non-hydrogen) atoms. The molecule has 0 fully saturated rings. The van der Waals surface area contributed by atoms with Crippen molar-refractivity contribution in [1.82, 2.24) is 9.97 Å². The Balaban J connectivity index is 2.94.